The smallest absolute Gasteiger partial charge is 0.257 e. The normalized spacial score (nSPS) is 28.7. The molecule has 1 aromatic heterocycles. The molecule has 1 aromatic carbocycles. The van der Waals surface area contributed by atoms with E-state index in [0.717, 1.165) is 5.56 Å². The van der Waals surface area contributed by atoms with Crippen molar-refractivity contribution in [1.82, 2.24) is 9.78 Å². The van der Waals surface area contributed by atoms with E-state index >= 15 is 0 Å². The van der Waals surface area contributed by atoms with Gasteiger partial charge in [-0.3, -0.25) is 9.48 Å². The Morgan fingerprint density at radius 1 is 1.19 bits per heavy atom. The Morgan fingerprint density at radius 2 is 1.88 bits per heavy atom. The Labute approximate surface area is 149 Å². The third-order valence-corrected chi connectivity index (χ3v) is 4.35. The molecule has 0 radical (unpaired) electrons. The van der Waals surface area contributed by atoms with Crippen LogP contribution in [0.1, 0.15) is 0 Å². The third kappa shape index (κ3) is 3.48. The molecule has 26 heavy (non-hydrogen) atoms. The highest BCUT2D eigenvalue weighted by atomic mass is 16.5. The molecule has 1 aliphatic rings. The zero-order valence-corrected chi connectivity index (χ0v) is 14.1. The summed E-state index contributed by atoms with van der Waals surface area (Å²) in [7, 11) is 1.65. The maximum Gasteiger partial charge on any atom is 0.257 e. The van der Waals surface area contributed by atoms with Gasteiger partial charge in [0.2, 0.25) is 0 Å². The largest absolute Gasteiger partial charge is 0.394 e. The number of aryl methyl sites for hydroxylation is 1. The molecule has 140 valence electrons. The van der Waals surface area contributed by atoms with Gasteiger partial charge in [0.15, 0.2) is 6.10 Å². The van der Waals surface area contributed by atoms with Crippen molar-refractivity contribution in [3.8, 4) is 11.3 Å². The number of aromatic nitrogens is 2. The first-order valence-corrected chi connectivity index (χ1v) is 8.13. The van der Waals surface area contributed by atoms with Gasteiger partial charge in [-0.05, 0) is 0 Å². The first kappa shape index (κ1) is 18.5. The number of nitrogens with one attached hydrogen (secondary N) is 1. The van der Waals surface area contributed by atoms with Crippen LogP contribution in [0.15, 0.2) is 36.4 Å². The van der Waals surface area contributed by atoms with Gasteiger partial charge in [-0.1, -0.05) is 30.3 Å². The average molecular weight is 363 g/mol. The zero-order chi connectivity index (χ0) is 18.8. The van der Waals surface area contributed by atoms with E-state index in [2.05, 4.69) is 10.4 Å². The summed E-state index contributed by atoms with van der Waals surface area (Å²) >= 11 is 0. The molecule has 0 aliphatic carbocycles. The number of nitrogens with zero attached hydrogens (tertiary/aromatic N) is 2. The van der Waals surface area contributed by atoms with Crippen LogP contribution in [0.25, 0.3) is 11.3 Å². The quantitative estimate of drug-likeness (QED) is 0.463. The standard InChI is InChI=1S/C17H21N3O6/c1-20-12(7-10(19-20)9-5-3-2-4-6-9)18-17(25)16-15(24)14(23)13(22)11(8-21)26-16/h2-7,11,13-16,21-24H,8H2,1H3,(H,18,25)/t11-,13+,14+,15-,16-/m1/s1. The summed E-state index contributed by atoms with van der Waals surface area (Å²) in [4.78, 5) is 12.5. The molecule has 5 N–H and O–H groups in total. The SMILES string of the molecule is Cn1nc(-c2ccccc2)cc1NC(=O)[C@@H]1O[C@H](CO)[C@H](O)[C@H](O)[C@H]1O. The molecule has 1 aliphatic heterocycles. The molecular formula is C17H21N3O6. The van der Waals surface area contributed by atoms with Gasteiger partial charge >= 0.3 is 0 Å². The highest BCUT2D eigenvalue weighted by Gasteiger charge is 2.46. The summed E-state index contributed by atoms with van der Waals surface area (Å²) in [6.45, 7) is -0.599. The van der Waals surface area contributed by atoms with Gasteiger partial charge in [-0.15, -0.1) is 0 Å². The number of anilines is 1. The van der Waals surface area contributed by atoms with E-state index in [0.29, 0.717) is 11.5 Å². The fourth-order valence-electron chi connectivity index (χ4n) is 2.85. The minimum atomic E-state index is -1.63. The maximum atomic E-state index is 12.5. The molecular weight excluding hydrogens is 342 g/mol. The summed E-state index contributed by atoms with van der Waals surface area (Å²) in [5.41, 5.74) is 1.52. The molecule has 0 spiro atoms. The number of carbonyl (C=O) groups is 1. The second-order valence-corrected chi connectivity index (χ2v) is 6.14. The number of aliphatic hydroxyl groups excluding tert-OH is 4. The van der Waals surface area contributed by atoms with Gasteiger partial charge in [-0.25, -0.2) is 0 Å². The number of rotatable bonds is 4. The van der Waals surface area contributed by atoms with Gasteiger partial charge < -0.3 is 30.5 Å². The first-order chi connectivity index (χ1) is 12.4. The lowest BCUT2D eigenvalue weighted by atomic mass is 9.95. The van der Waals surface area contributed by atoms with Crippen molar-refractivity contribution in [3.05, 3.63) is 36.4 Å². The topological polar surface area (TPSA) is 137 Å². The van der Waals surface area contributed by atoms with Gasteiger partial charge in [-0.2, -0.15) is 5.10 Å². The molecule has 1 saturated heterocycles. The molecule has 2 heterocycles. The Hall–Kier alpha value is -2.30. The number of hydrogen-bond acceptors (Lipinski definition) is 7. The van der Waals surface area contributed by atoms with Crippen LogP contribution in [0.4, 0.5) is 5.82 Å². The van der Waals surface area contributed by atoms with Crippen LogP contribution < -0.4 is 5.32 Å². The number of hydrogen-bond donors (Lipinski definition) is 5. The lowest BCUT2D eigenvalue weighted by Crippen LogP contribution is -2.61. The summed E-state index contributed by atoms with van der Waals surface area (Å²) < 4.78 is 6.71. The first-order valence-electron chi connectivity index (χ1n) is 8.13. The molecule has 1 amide bonds. The predicted molar refractivity (Wildman–Crippen MR) is 91.0 cm³/mol. The Kier molecular flexibility index (Phi) is 5.35. The van der Waals surface area contributed by atoms with Crippen LogP contribution in [0.2, 0.25) is 0 Å². The van der Waals surface area contributed by atoms with E-state index in [1.807, 2.05) is 30.3 Å². The van der Waals surface area contributed by atoms with Crippen molar-refractivity contribution in [1.29, 1.82) is 0 Å². The summed E-state index contributed by atoms with van der Waals surface area (Å²) in [6, 6.07) is 11.1. The van der Waals surface area contributed by atoms with Crippen molar-refractivity contribution < 1.29 is 30.0 Å². The molecule has 0 bridgehead atoms. The minimum absolute atomic E-state index is 0.366. The molecule has 0 saturated carbocycles. The Morgan fingerprint density at radius 3 is 2.54 bits per heavy atom. The third-order valence-electron chi connectivity index (χ3n) is 4.35. The van der Waals surface area contributed by atoms with E-state index in [1.54, 1.807) is 13.1 Å². The van der Waals surface area contributed by atoms with Crippen molar-refractivity contribution in [2.75, 3.05) is 11.9 Å². The van der Waals surface area contributed by atoms with Gasteiger partial charge in [0.25, 0.3) is 5.91 Å². The molecule has 1 fully saturated rings. The fourth-order valence-corrected chi connectivity index (χ4v) is 2.85. The number of amides is 1. The maximum absolute atomic E-state index is 12.5. The highest BCUT2D eigenvalue weighted by Crippen LogP contribution is 2.24. The van der Waals surface area contributed by atoms with Gasteiger partial charge in [0, 0.05) is 18.7 Å². The second kappa shape index (κ2) is 7.52. The van der Waals surface area contributed by atoms with Crippen LogP contribution >= 0.6 is 0 Å². The summed E-state index contributed by atoms with van der Waals surface area (Å²) in [5, 5.41) is 45.7. The van der Waals surface area contributed by atoms with E-state index in [1.165, 1.54) is 4.68 Å². The molecule has 5 atom stereocenters. The predicted octanol–water partition coefficient (Wildman–Crippen LogP) is -1.13. The molecule has 9 nitrogen and oxygen atoms in total. The van der Waals surface area contributed by atoms with Gasteiger partial charge in [0.1, 0.15) is 30.2 Å². The van der Waals surface area contributed by atoms with E-state index in [-0.39, 0.29) is 0 Å². The Bertz CT molecular complexity index is 763. The lowest BCUT2D eigenvalue weighted by molar-refractivity contribution is -0.224. The van der Waals surface area contributed by atoms with E-state index < -0.39 is 43.0 Å². The van der Waals surface area contributed by atoms with Crippen molar-refractivity contribution in [3.63, 3.8) is 0 Å². The van der Waals surface area contributed by atoms with Crippen LogP contribution in [-0.4, -0.2) is 73.2 Å². The van der Waals surface area contributed by atoms with E-state index in [4.69, 9.17) is 4.74 Å². The highest BCUT2D eigenvalue weighted by molar-refractivity contribution is 5.94. The molecule has 3 rings (SSSR count). The zero-order valence-electron chi connectivity index (χ0n) is 14.1. The number of benzene rings is 1. The van der Waals surface area contributed by atoms with Crippen LogP contribution in [0.3, 0.4) is 0 Å². The minimum Gasteiger partial charge on any atom is -0.394 e. The van der Waals surface area contributed by atoms with Gasteiger partial charge in [0.05, 0.1) is 12.3 Å². The average Bonchev–Trinajstić information content (AvgIpc) is 3.01. The van der Waals surface area contributed by atoms with Crippen LogP contribution in [0, 0.1) is 0 Å². The Balaban J connectivity index is 1.76. The second-order valence-electron chi connectivity index (χ2n) is 6.14. The molecule has 9 heteroatoms. The number of carbonyl (C=O) groups excluding carboxylic acids is 1. The van der Waals surface area contributed by atoms with Crippen molar-refractivity contribution >= 4 is 11.7 Å². The fraction of sp³-hybridized carbons (Fsp3) is 0.412. The monoisotopic (exact) mass is 363 g/mol. The summed E-state index contributed by atoms with van der Waals surface area (Å²) in [6.07, 6.45) is -7.34. The van der Waals surface area contributed by atoms with E-state index in [9.17, 15) is 25.2 Å². The van der Waals surface area contributed by atoms with Crippen LogP contribution in [-0.2, 0) is 16.6 Å². The van der Waals surface area contributed by atoms with Crippen LogP contribution in [0.5, 0.6) is 0 Å². The molecule has 0 unspecified atom stereocenters. The summed E-state index contributed by atoms with van der Waals surface area (Å²) in [5.74, 6) is -0.352. The number of aliphatic hydroxyl groups is 4. The lowest BCUT2D eigenvalue weighted by Gasteiger charge is -2.39. The number of ether oxygens (including phenoxy) is 1. The van der Waals surface area contributed by atoms with Crippen molar-refractivity contribution in [2.45, 2.75) is 30.5 Å². The molecule has 2 aromatic rings. The van der Waals surface area contributed by atoms with Crippen molar-refractivity contribution in [2.24, 2.45) is 7.05 Å².